The third-order valence-corrected chi connectivity index (χ3v) is 1.88. The van der Waals surface area contributed by atoms with E-state index in [9.17, 15) is 8.78 Å². The highest BCUT2D eigenvalue weighted by Crippen LogP contribution is 2.16. The number of halogens is 2. The van der Waals surface area contributed by atoms with E-state index in [4.69, 9.17) is 5.73 Å². The molecule has 2 heterocycles. The summed E-state index contributed by atoms with van der Waals surface area (Å²) in [6.07, 6.45) is 1.39. The van der Waals surface area contributed by atoms with Gasteiger partial charge in [-0.25, -0.2) is 13.8 Å². The molecule has 0 radical (unpaired) electrons. The molecule has 2 rings (SSSR count). The van der Waals surface area contributed by atoms with Crippen molar-refractivity contribution in [2.75, 3.05) is 11.1 Å². The molecule has 2 aromatic rings. The van der Waals surface area contributed by atoms with E-state index in [1.54, 1.807) is 6.07 Å². The molecule has 0 aromatic carbocycles. The number of rotatable bonds is 3. The van der Waals surface area contributed by atoms with Crippen molar-refractivity contribution < 1.29 is 13.3 Å². The molecule has 84 valence electrons. The Labute approximate surface area is 89.3 Å². The van der Waals surface area contributed by atoms with Crippen molar-refractivity contribution in [1.82, 2.24) is 10.1 Å². The standard InChI is InChI=1S/C9H8F2N4O/c10-6-3-7(11)9(14-8(6)12)13-4-5-1-2-16-15-5/h1-3H,4H2,(H3,12,13,14). The lowest BCUT2D eigenvalue weighted by Crippen LogP contribution is -2.07. The fraction of sp³-hybridized carbons (Fsp3) is 0.111. The van der Waals surface area contributed by atoms with Gasteiger partial charge in [-0.1, -0.05) is 5.16 Å². The zero-order valence-electron chi connectivity index (χ0n) is 8.08. The van der Waals surface area contributed by atoms with Gasteiger partial charge in [0, 0.05) is 12.1 Å². The zero-order chi connectivity index (χ0) is 11.5. The Balaban J connectivity index is 2.12. The number of nitrogens with zero attached hydrogens (tertiary/aromatic N) is 2. The normalized spacial score (nSPS) is 10.4. The van der Waals surface area contributed by atoms with Crippen LogP contribution in [0.3, 0.4) is 0 Å². The summed E-state index contributed by atoms with van der Waals surface area (Å²) in [4.78, 5) is 3.53. The van der Waals surface area contributed by atoms with Crippen molar-refractivity contribution in [3.05, 3.63) is 35.7 Å². The highest BCUT2D eigenvalue weighted by atomic mass is 19.1. The minimum atomic E-state index is -0.885. The van der Waals surface area contributed by atoms with E-state index in [2.05, 4.69) is 20.0 Å². The fourth-order valence-corrected chi connectivity index (χ4v) is 1.11. The number of pyridine rings is 1. The van der Waals surface area contributed by atoms with Gasteiger partial charge < -0.3 is 15.6 Å². The van der Waals surface area contributed by atoms with Crippen LogP contribution in [0.2, 0.25) is 0 Å². The van der Waals surface area contributed by atoms with E-state index < -0.39 is 11.6 Å². The molecule has 5 nitrogen and oxygen atoms in total. The van der Waals surface area contributed by atoms with Gasteiger partial charge in [0.1, 0.15) is 12.0 Å². The number of anilines is 2. The number of hydrogen-bond acceptors (Lipinski definition) is 5. The van der Waals surface area contributed by atoms with E-state index in [1.165, 1.54) is 6.26 Å². The second-order valence-electron chi connectivity index (χ2n) is 3.03. The molecule has 0 saturated carbocycles. The first-order valence-electron chi connectivity index (χ1n) is 4.41. The summed E-state index contributed by atoms with van der Waals surface area (Å²) >= 11 is 0. The maximum Gasteiger partial charge on any atom is 0.168 e. The summed E-state index contributed by atoms with van der Waals surface area (Å²) in [5, 5.41) is 6.24. The number of nitrogens with one attached hydrogen (secondary N) is 1. The Morgan fingerprint density at radius 2 is 2.19 bits per heavy atom. The second-order valence-corrected chi connectivity index (χ2v) is 3.03. The smallest absolute Gasteiger partial charge is 0.168 e. The molecule has 0 aliphatic carbocycles. The highest BCUT2D eigenvalue weighted by molar-refractivity contribution is 5.44. The molecule has 0 bridgehead atoms. The molecule has 0 aliphatic rings. The van der Waals surface area contributed by atoms with Crippen molar-refractivity contribution in [3.8, 4) is 0 Å². The van der Waals surface area contributed by atoms with Crippen LogP contribution < -0.4 is 11.1 Å². The first-order chi connectivity index (χ1) is 7.66. The van der Waals surface area contributed by atoms with Gasteiger partial charge in [-0.3, -0.25) is 0 Å². The monoisotopic (exact) mass is 226 g/mol. The molecule has 0 spiro atoms. The average molecular weight is 226 g/mol. The molecule has 0 unspecified atom stereocenters. The van der Waals surface area contributed by atoms with Crippen molar-refractivity contribution in [1.29, 1.82) is 0 Å². The van der Waals surface area contributed by atoms with Gasteiger partial charge in [0.2, 0.25) is 0 Å². The van der Waals surface area contributed by atoms with Crippen LogP contribution in [-0.2, 0) is 6.54 Å². The van der Waals surface area contributed by atoms with Gasteiger partial charge in [0.05, 0.1) is 6.54 Å². The van der Waals surface area contributed by atoms with Gasteiger partial charge in [-0.2, -0.15) is 0 Å². The summed E-state index contributed by atoms with van der Waals surface area (Å²) < 4.78 is 30.6. The summed E-state index contributed by atoms with van der Waals surface area (Å²) in [6, 6.07) is 2.28. The molecule has 0 aliphatic heterocycles. The van der Waals surface area contributed by atoms with Crippen molar-refractivity contribution in [2.45, 2.75) is 6.54 Å². The minimum absolute atomic E-state index is 0.123. The van der Waals surface area contributed by atoms with E-state index in [-0.39, 0.29) is 18.2 Å². The molecular weight excluding hydrogens is 218 g/mol. The second kappa shape index (κ2) is 4.13. The molecule has 2 aromatic heterocycles. The van der Waals surface area contributed by atoms with Crippen LogP contribution in [-0.4, -0.2) is 10.1 Å². The fourth-order valence-electron chi connectivity index (χ4n) is 1.11. The molecule has 0 saturated heterocycles. The lowest BCUT2D eigenvalue weighted by atomic mass is 10.4. The SMILES string of the molecule is Nc1nc(NCc2ccon2)c(F)cc1F. The first-order valence-corrected chi connectivity index (χ1v) is 4.41. The molecule has 0 atom stereocenters. The largest absolute Gasteiger partial charge is 0.381 e. The molecule has 0 fully saturated rings. The van der Waals surface area contributed by atoms with Crippen molar-refractivity contribution >= 4 is 11.6 Å². The van der Waals surface area contributed by atoms with Gasteiger partial charge in [0.25, 0.3) is 0 Å². The number of hydrogen-bond donors (Lipinski definition) is 2. The molecule has 0 amide bonds. The summed E-state index contributed by atoms with van der Waals surface area (Å²) in [7, 11) is 0. The third-order valence-electron chi connectivity index (χ3n) is 1.88. The topological polar surface area (TPSA) is 77.0 Å². The quantitative estimate of drug-likeness (QED) is 0.830. The Bertz CT molecular complexity index is 487. The van der Waals surface area contributed by atoms with Crippen LogP contribution in [0.15, 0.2) is 22.9 Å². The maximum absolute atomic E-state index is 13.2. The van der Waals surface area contributed by atoms with E-state index >= 15 is 0 Å². The number of nitrogen functional groups attached to an aromatic ring is 1. The van der Waals surface area contributed by atoms with E-state index in [0.29, 0.717) is 11.8 Å². The molecule has 16 heavy (non-hydrogen) atoms. The van der Waals surface area contributed by atoms with Crippen LogP contribution in [0.1, 0.15) is 5.69 Å². The minimum Gasteiger partial charge on any atom is -0.381 e. The van der Waals surface area contributed by atoms with E-state index in [1.807, 2.05) is 0 Å². The van der Waals surface area contributed by atoms with Crippen LogP contribution in [0.5, 0.6) is 0 Å². The summed E-state index contributed by atoms with van der Waals surface area (Å²) in [5.74, 6) is -2.18. The Kier molecular flexibility index (Phi) is 2.67. The summed E-state index contributed by atoms with van der Waals surface area (Å²) in [6.45, 7) is 0.214. The van der Waals surface area contributed by atoms with Crippen molar-refractivity contribution in [3.63, 3.8) is 0 Å². The lowest BCUT2D eigenvalue weighted by molar-refractivity contribution is 0.412. The number of nitrogens with two attached hydrogens (primary N) is 1. The van der Waals surface area contributed by atoms with Gasteiger partial charge in [0.15, 0.2) is 23.3 Å². The Morgan fingerprint density at radius 3 is 2.88 bits per heavy atom. The Morgan fingerprint density at radius 1 is 1.38 bits per heavy atom. The van der Waals surface area contributed by atoms with Gasteiger partial charge >= 0.3 is 0 Å². The predicted octanol–water partition coefficient (Wildman–Crippen LogP) is 1.54. The average Bonchev–Trinajstić information content (AvgIpc) is 2.74. The Hall–Kier alpha value is -2.18. The van der Waals surface area contributed by atoms with Gasteiger partial charge in [-0.05, 0) is 0 Å². The predicted molar refractivity (Wildman–Crippen MR) is 52.4 cm³/mol. The highest BCUT2D eigenvalue weighted by Gasteiger charge is 2.09. The van der Waals surface area contributed by atoms with Crippen LogP contribution in [0.4, 0.5) is 20.4 Å². The van der Waals surface area contributed by atoms with E-state index in [0.717, 1.165) is 0 Å². The third kappa shape index (κ3) is 2.08. The number of aromatic nitrogens is 2. The van der Waals surface area contributed by atoms with Gasteiger partial charge in [-0.15, -0.1) is 0 Å². The van der Waals surface area contributed by atoms with Crippen molar-refractivity contribution in [2.24, 2.45) is 0 Å². The molecule has 7 heteroatoms. The maximum atomic E-state index is 13.2. The lowest BCUT2D eigenvalue weighted by Gasteiger charge is -2.05. The van der Waals surface area contributed by atoms with Crippen LogP contribution in [0, 0.1) is 11.6 Å². The first kappa shape index (κ1) is 10.3. The molecule has 3 N–H and O–H groups in total. The van der Waals surface area contributed by atoms with Crippen LogP contribution in [0.25, 0.3) is 0 Å². The summed E-state index contributed by atoms with van der Waals surface area (Å²) in [5.41, 5.74) is 5.78. The van der Waals surface area contributed by atoms with Crippen LogP contribution >= 0.6 is 0 Å². The molecular formula is C9H8F2N4O. The zero-order valence-corrected chi connectivity index (χ0v) is 8.08.